The van der Waals surface area contributed by atoms with E-state index >= 15 is 0 Å². The van der Waals surface area contributed by atoms with E-state index in [0.717, 1.165) is 5.56 Å². The highest BCUT2D eigenvalue weighted by Gasteiger charge is 2.19. The van der Waals surface area contributed by atoms with Crippen LogP contribution in [0, 0.1) is 0 Å². The number of nitrogens with two attached hydrogens (primary N) is 1. The molecule has 1 atom stereocenters. The fraction of sp³-hybridized carbons (Fsp3) is 0.500. The van der Waals surface area contributed by atoms with Crippen LogP contribution >= 0.6 is 12.4 Å². The molecule has 0 fully saturated rings. The van der Waals surface area contributed by atoms with Crippen molar-refractivity contribution >= 4 is 28.1 Å². The largest absolute Gasteiger partial charge is 0.399 e. The van der Waals surface area contributed by atoms with E-state index in [-0.39, 0.29) is 19.0 Å². The minimum atomic E-state index is -3.30. The van der Waals surface area contributed by atoms with Crippen LogP contribution in [0.3, 0.4) is 0 Å². The van der Waals surface area contributed by atoms with Crippen LogP contribution in [-0.2, 0) is 21.2 Å². The SMILES string of the molecule is COCC(C)S(=O)(=O)NCCc1ccc(N)cc1.Cl. The van der Waals surface area contributed by atoms with Crippen LogP contribution in [0.2, 0.25) is 0 Å². The Morgan fingerprint density at radius 2 is 1.89 bits per heavy atom. The average molecular weight is 309 g/mol. The van der Waals surface area contributed by atoms with Crippen LogP contribution in [0.5, 0.6) is 0 Å². The molecule has 1 aromatic rings. The van der Waals surface area contributed by atoms with Gasteiger partial charge in [-0.15, -0.1) is 12.4 Å². The number of nitrogens with one attached hydrogen (secondary N) is 1. The van der Waals surface area contributed by atoms with E-state index < -0.39 is 15.3 Å². The quantitative estimate of drug-likeness (QED) is 0.741. The van der Waals surface area contributed by atoms with E-state index in [1.54, 1.807) is 19.1 Å². The van der Waals surface area contributed by atoms with Gasteiger partial charge in [0.2, 0.25) is 10.0 Å². The van der Waals surface area contributed by atoms with Gasteiger partial charge in [0.1, 0.15) is 0 Å². The van der Waals surface area contributed by atoms with E-state index in [9.17, 15) is 8.42 Å². The highest BCUT2D eigenvalue weighted by atomic mass is 35.5. The van der Waals surface area contributed by atoms with Crippen molar-refractivity contribution in [1.29, 1.82) is 0 Å². The summed E-state index contributed by atoms with van der Waals surface area (Å²) in [7, 11) is -1.81. The van der Waals surface area contributed by atoms with Crippen LogP contribution in [0.4, 0.5) is 5.69 Å². The molecule has 0 saturated carbocycles. The first-order valence-corrected chi connectivity index (χ1v) is 7.32. The summed E-state index contributed by atoms with van der Waals surface area (Å²) >= 11 is 0. The summed E-state index contributed by atoms with van der Waals surface area (Å²) in [6, 6.07) is 7.39. The molecule has 7 heteroatoms. The van der Waals surface area contributed by atoms with E-state index in [2.05, 4.69) is 4.72 Å². The molecule has 0 heterocycles. The van der Waals surface area contributed by atoms with Gasteiger partial charge in [-0.2, -0.15) is 0 Å². The molecule has 0 aliphatic heterocycles. The topological polar surface area (TPSA) is 81.4 Å². The van der Waals surface area contributed by atoms with Crippen molar-refractivity contribution in [3.8, 4) is 0 Å². The third-order valence-corrected chi connectivity index (χ3v) is 4.43. The van der Waals surface area contributed by atoms with E-state index in [0.29, 0.717) is 18.7 Å². The molecule has 0 bridgehead atoms. The molecular formula is C12H21ClN2O3S. The maximum Gasteiger partial charge on any atom is 0.216 e. The zero-order valence-corrected chi connectivity index (χ0v) is 12.8. The number of methoxy groups -OCH3 is 1. The molecule has 0 spiro atoms. The lowest BCUT2D eigenvalue weighted by Gasteiger charge is -2.12. The second kappa shape index (κ2) is 8.37. The minimum Gasteiger partial charge on any atom is -0.399 e. The van der Waals surface area contributed by atoms with Crippen molar-refractivity contribution in [2.75, 3.05) is 26.0 Å². The molecule has 3 N–H and O–H groups in total. The number of ether oxygens (including phenoxy) is 1. The molecule has 0 amide bonds. The van der Waals surface area contributed by atoms with Crippen molar-refractivity contribution in [3.05, 3.63) is 29.8 Å². The van der Waals surface area contributed by atoms with E-state index in [4.69, 9.17) is 10.5 Å². The number of halogens is 1. The summed E-state index contributed by atoms with van der Waals surface area (Å²) in [6.07, 6.45) is 0.638. The summed E-state index contributed by atoms with van der Waals surface area (Å²) in [5.41, 5.74) is 7.32. The molecule has 5 nitrogen and oxygen atoms in total. The number of benzene rings is 1. The minimum absolute atomic E-state index is 0. The molecule has 0 aromatic heterocycles. The Morgan fingerprint density at radius 1 is 1.32 bits per heavy atom. The van der Waals surface area contributed by atoms with Gasteiger partial charge in [-0.3, -0.25) is 0 Å². The van der Waals surface area contributed by atoms with Gasteiger partial charge in [0.25, 0.3) is 0 Å². The zero-order chi connectivity index (χ0) is 13.6. The first-order valence-electron chi connectivity index (χ1n) is 5.77. The molecular weight excluding hydrogens is 288 g/mol. The monoisotopic (exact) mass is 308 g/mol. The zero-order valence-electron chi connectivity index (χ0n) is 11.1. The Balaban J connectivity index is 0.00000324. The highest BCUT2D eigenvalue weighted by molar-refractivity contribution is 7.90. The number of hydrogen-bond acceptors (Lipinski definition) is 4. The maximum atomic E-state index is 11.8. The summed E-state index contributed by atoms with van der Waals surface area (Å²) in [5, 5.41) is -0.547. The van der Waals surface area contributed by atoms with Gasteiger partial charge >= 0.3 is 0 Å². The smallest absolute Gasteiger partial charge is 0.216 e. The van der Waals surface area contributed by atoms with Gasteiger partial charge in [0.15, 0.2) is 0 Å². The number of sulfonamides is 1. The van der Waals surface area contributed by atoms with Gasteiger partial charge < -0.3 is 10.5 Å². The molecule has 0 aliphatic rings. The van der Waals surface area contributed by atoms with Crippen molar-refractivity contribution in [2.45, 2.75) is 18.6 Å². The fourth-order valence-corrected chi connectivity index (χ4v) is 2.47. The molecule has 1 rings (SSSR count). The van der Waals surface area contributed by atoms with Crippen molar-refractivity contribution in [3.63, 3.8) is 0 Å². The van der Waals surface area contributed by atoms with Crippen molar-refractivity contribution in [1.82, 2.24) is 4.72 Å². The predicted octanol–water partition coefficient (Wildman–Crippen LogP) is 1.19. The third-order valence-electron chi connectivity index (χ3n) is 2.63. The molecule has 110 valence electrons. The van der Waals surface area contributed by atoms with Crippen LogP contribution in [0.25, 0.3) is 0 Å². The Kier molecular flexibility index (Phi) is 8.01. The van der Waals surface area contributed by atoms with Crippen LogP contribution < -0.4 is 10.5 Å². The van der Waals surface area contributed by atoms with Crippen LogP contribution in [0.15, 0.2) is 24.3 Å². The van der Waals surface area contributed by atoms with Crippen LogP contribution in [-0.4, -0.2) is 33.9 Å². The van der Waals surface area contributed by atoms with Gasteiger partial charge in [-0.1, -0.05) is 12.1 Å². The van der Waals surface area contributed by atoms with Crippen LogP contribution in [0.1, 0.15) is 12.5 Å². The predicted molar refractivity (Wildman–Crippen MR) is 80.1 cm³/mol. The first kappa shape index (κ1) is 18.2. The number of hydrogen-bond donors (Lipinski definition) is 2. The summed E-state index contributed by atoms with van der Waals surface area (Å²) in [5.74, 6) is 0. The maximum absolute atomic E-state index is 11.8. The van der Waals surface area contributed by atoms with Gasteiger partial charge in [-0.05, 0) is 31.0 Å². The van der Waals surface area contributed by atoms with E-state index in [1.165, 1.54) is 7.11 Å². The molecule has 1 unspecified atom stereocenters. The van der Waals surface area contributed by atoms with E-state index in [1.807, 2.05) is 12.1 Å². The third kappa shape index (κ3) is 6.24. The molecule has 0 radical (unpaired) electrons. The fourth-order valence-electron chi connectivity index (χ4n) is 1.49. The Morgan fingerprint density at radius 3 is 2.42 bits per heavy atom. The average Bonchev–Trinajstić information content (AvgIpc) is 2.32. The molecule has 1 aromatic carbocycles. The van der Waals surface area contributed by atoms with Gasteiger partial charge in [-0.25, -0.2) is 13.1 Å². The second-order valence-electron chi connectivity index (χ2n) is 4.20. The number of rotatable bonds is 7. The standard InChI is InChI=1S/C12H20N2O3S.ClH/c1-10(9-17-2)18(15,16)14-8-7-11-3-5-12(13)6-4-11;/h3-6,10,14H,7-9,13H2,1-2H3;1H. The number of anilines is 1. The molecule has 0 aliphatic carbocycles. The first-order chi connectivity index (χ1) is 8.45. The summed E-state index contributed by atoms with van der Waals surface area (Å²) in [4.78, 5) is 0. The number of nitrogen functional groups attached to an aromatic ring is 1. The van der Waals surface area contributed by atoms with Crippen molar-refractivity contribution in [2.24, 2.45) is 0 Å². The summed E-state index contributed by atoms with van der Waals surface area (Å²) in [6.45, 7) is 2.19. The Bertz CT molecular complexity index is 462. The highest BCUT2D eigenvalue weighted by Crippen LogP contribution is 2.06. The second-order valence-corrected chi connectivity index (χ2v) is 6.38. The van der Waals surface area contributed by atoms with Gasteiger partial charge in [0.05, 0.1) is 11.9 Å². The Labute approximate surface area is 121 Å². The lowest BCUT2D eigenvalue weighted by molar-refractivity contribution is 0.200. The molecule has 19 heavy (non-hydrogen) atoms. The van der Waals surface area contributed by atoms with Crippen molar-refractivity contribution < 1.29 is 13.2 Å². The van der Waals surface area contributed by atoms with Gasteiger partial charge in [0, 0.05) is 19.3 Å². The molecule has 0 saturated heterocycles. The Hall–Kier alpha value is -0.820. The lowest BCUT2D eigenvalue weighted by Crippen LogP contribution is -2.36. The lowest BCUT2D eigenvalue weighted by atomic mass is 10.1. The normalized spacial score (nSPS) is 12.7. The summed E-state index contributed by atoms with van der Waals surface area (Å²) < 4.78 is 30.9.